The summed E-state index contributed by atoms with van der Waals surface area (Å²) in [6, 6.07) is 20.1. The van der Waals surface area contributed by atoms with E-state index in [9.17, 15) is 0 Å². The highest BCUT2D eigenvalue weighted by Gasteiger charge is 2.04. The van der Waals surface area contributed by atoms with Gasteiger partial charge < -0.3 is 15.4 Å². The molecule has 0 spiro atoms. The molecule has 0 atom stereocenters. The van der Waals surface area contributed by atoms with Gasteiger partial charge in [-0.3, -0.25) is 0 Å². The molecular weight excluding hydrogens is 350 g/mol. The highest BCUT2D eigenvalue weighted by molar-refractivity contribution is 5.79. The number of methoxy groups -OCH3 is 1. The van der Waals surface area contributed by atoms with Gasteiger partial charge in [0.15, 0.2) is 5.96 Å². The minimum absolute atomic E-state index is 0.518. The van der Waals surface area contributed by atoms with E-state index in [0.29, 0.717) is 6.54 Å². The summed E-state index contributed by atoms with van der Waals surface area (Å²) >= 11 is 0. The zero-order valence-electron chi connectivity index (χ0n) is 16.4. The molecule has 0 radical (unpaired) electrons. The number of nitrogens with zero attached hydrogens (tertiary/aromatic N) is 3. The van der Waals surface area contributed by atoms with Crippen LogP contribution in [0.5, 0.6) is 5.75 Å². The van der Waals surface area contributed by atoms with Gasteiger partial charge in [0.1, 0.15) is 5.75 Å². The molecule has 3 rings (SSSR count). The van der Waals surface area contributed by atoms with Crippen molar-refractivity contribution in [2.24, 2.45) is 4.99 Å². The number of aromatic nitrogens is 2. The maximum atomic E-state index is 5.41. The molecule has 6 heteroatoms. The van der Waals surface area contributed by atoms with E-state index in [2.05, 4.69) is 33.7 Å². The molecule has 0 aliphatic rings. The number of rotatable bonds is 8. The maximum absolute atomic E-state index is 5.41. The summed E-state index contributed by atoms with van der Waals surface area (Å²) in [7, 11) is 1.70. The molecule has 1 aromatic heterocycles. The van der Waals surface area contributed by atoms with Crippen molar-refractivity contribution in [3.8, 4) is 11.4 Å². The second kappa shape index (κ2) is 10.2. The highest BCUT2D eigenvalue weighted by Crippen LogP contribution is 2.17. The molecule has 1 heterocycles. The van der Waals surface area contributed by atoms with E-state index in [-0.39, 0.29) is 0 Å². The average Bonchev–Trinajstić information content (AvgIpc) is 3.22. The molecule has 0 aliphatic carbocycles. The summed E-state index contributed by atoms with van der Waals surface area (Å²) in [6.07, 6.45) is 2.82. The molecule has 0 saturated carbocycles. The maximum Gasteiger partial charge on any atom is 0.191 e. The average molecular weight is 377 g/mol. The lowest BCUT2D eigenvalue weighted by atomic mass is 10.1. The number of hydrogen-bond donors (Lipinski definition) is 2. The van der Waals surface area contributed by atoms with Crippen molar-refractivity contribution in [1.29, 1.82) is 0 Å². The lowest BCUT2D eigenvalue weighted by Crippen LogP contribution is -2.38. The number of benzene rings is 2. The van der Waals surface area contributed by atoms with Crippen molar-refractivity contribution in [3.63, 3.8) is 0 Å². The lowest BCUT2D eigenvalue weighted by Gasteiger charge is -2.12. The fourth-order valence-electron chi connectivity index (χ4n) is 2.90. The summed E-state index contributed by atoms with van der Waals surface area (Å²) < 4.78 is 7.28. The first-order valence-corrected chi connectivity index (χ1v) is 9.54. The Kier molecular flexibility index (Phi) is 7.07. The van der Waals surface area contributed by atoms with Gasteiger partial charge in [0.2, 0.25) is 0 Å². The van der Waals surface area contributed by atoms with Crippen LogP contribution in [0.2, 0.25) is 0 Å². The molecule has 6 nitrogen and oxygen atoms in total. The van der Waals surface area contributed by atoms with Crippen LogP contribution in [-0.2, 0) is 13.0 Å². The summed E-state index contributed by atoms with van der Waals surface area (Å²) in [5, 5.41) is 11.3. The first-order chi connectivity index (χ1) is 13.8. The Morgan fingerprint density at radius 3 is 2.61 bits per heavy atom. The molecule has 2 aromatic carbocycles. The van der Waals surface area contributed by atoms with Gasteiger partial charge in [0, 0.05) is 19.3 Å². The van der Waals surface area contributed by atoms with E-state index >= 15 is 0 Å². The Bertz CT molecular complexity index is 889. The summed E-state index contributed by atoms with van der Waals surface area (Å²) in [4.78, 5) is 4.65. The largest absolute Gasteiger partial charge is 0.496 e. The Morgan fingerprint density at radius 1 is 1.04 bits per heavy atom. The van der Waals surface area contributed by atoms with Crippen LogP contribution in [0, 0.1) is 0 Å². The van der Waals surface area contributed by atoms with Crippen LogP contribution in [0.4, 0.5) is 0 Å². The Balaban J connectivity index is 1.57. The SMILES string of the molecule is CCNC(=NCc1ccn(-c2ccccc2)n1)NCCc1ccccc1OC. The number of para-hydroxylation sites is 2. The van der Waals surface area contributed by atoms with E-state index in [1.165, 1.54) is 5.56 Å². The van der Waals surface area contributed by atoms with Gasteiger partial charge in [-0.15, -0.1) is 0 Å². The number of aliphatic imine (C=N–C) groups is 1. The van der Waals surface area contributed by atoms with E-state index in [1.54, 1.807) is 7.11 Å². The van der Waals surface area contributed by atoms with Crippen molar-refractivity contribution < 1.29 is 4.74 Å². The minimum Gasteiger partial charge on any atom is -0.496 e. The first-order valence-electron chi connectivity index (χ1n) is 9.54. The van der Waals surface area contributed by atoms with Crippen LogP contribution in [0.3, 0.4) is 0 Å². The fourth-order valence-corrected chi connectivity index (χ4v) is 2.90. The lowest BCUT2D eigenvalue weighted by molar-refractivity contribution is 0.409. The predicted octanol–water partition coefficient (Wildman–Crippen LogP) is 3.18. The van der Waals surface area contributed by atoms with E-state index in [4.69, 9.17) is 4.74 Å². The molecule has 28 heavy (non-hydrogen) atoms. The summed E-state index contributed by atoms with van der Waals surface area (Å²) in [5.74, 6) is 1.70. The third-order valence-electron chi connectivity index (χ3n) is 4.29. The standard InChI is InChI=1S/C22H27N5O/c1-3-23-22(24-15-13-18-9-7-8-12-21(18)28-2)25-17-19-14-16-27(26-19)20-10-5-4-6-11-20/h4-12,14,16H,3,13,15,17H2,1-2H3,(H2,23,24,25). The van der Waals surface area contributed by atoms with Gasteiger partial charge in [-0.05, 0) is 43.2 Å². The van der Waals surface area contributed by atoms with Crippen LogP contribution >= 0.6 is 0 Å². The smallest absolute Gasteiger partial charge is 0.191 e. The molecule has 146 valence electrons. The number of guanidine groups is 1. The number of nitrogens with one attached hydrogen (secondary N) is 2. The van der Waals surface area contributed by atoms with Crippen molar-refractivity contribution in [3.05, 3.63) is 78.1 Å². The second-order valence-electron chi connectivity index (χ2n) is 6.27. The van der Waals surface area contributed by atoms with Gasteiger partial charge in [-0.1, -0.05) is 36.4 Å². The van der Waals surface area contributed by atoms with Crippen molar-refractivity contribution >= 4 is 5.96 Å². The van der Waals surface area contributed by atoms with Crippen LogP contribution in [0.25, 0.3) is 5.69 Å². The third kappa shape index (κ3) is 5.36. The summed E-state index contributed by atoms with van der Waals surface area (Å²) in [6.45, 7) is 4.15. The van der Waals surface area contributed by atoms with E-state index in [1.807, 2.05) is 65.5 Å². The Labute approximate surface area is 166 Å². The van der Waals surface area contributed by atoms with Crippen molar-refractivity contribution in [2.45, 2.75) is 19.9 Å². The van der Waals surface area contributed by atoms with E-state index in [0.717, 1.165) is 42.6 Å². The number of ether oxygens (including phenoxy) is 1. The normalized spacial score (nSPS) is 11.3. The minimum atomic E-state index is 0.518. The van der Waals surface area contributed by atoms with Crippen molar-refractivity contribution in [2.75, 3.05) is 20.2 Å². The molecule has 3 aromatic rings. The summed E-state index contributed by atoms with van der Waals surface area (Å²) in [5.41, 5.74) is 3.14. The van der Waals surface area contributed by atoms with Gasteiger partial charge in [0.25, 0.3) is 0 Å². The van der Waals surface area contributed by atoms with Crippen molar-refractivity contribution in [1.82, 2.24) is 20.4 Å². The van der Waals surface area contributed by atoms with E-state index < -0.39 is 0 Å². The van der Waals surface area contributed by atoms with Gasteiger partial charge >= 0.3 is 0 Å². The van der Waals surface area contributed by atoms with Gasteiger partial charge in [-0.2, -0.15) is 5.10 Å². The zero-order valence-corrected chi connectivity index (χ0v) is 16.4. The molecule has 0 saturated heterocycles. The Hall–Kier alpha value is -3.28. The second-order valence-corrected chi connectivity index (χ2v) is 6.27. The monoisotopic (exact) mass is 377 g/mol. The quantitative estimate of drug-likeness (QED) is 0.467. The molecule has 0 aliphatic heterocycles. The molecule has 0 bridgehead atoms. The topological polar surface area (TPSA) is 63.5 Å². The Morgan fingerprint density at radius 2 is 1.82 bits per heavy atom. The molecular formula is C22H27N5O. The molecule has 0 fully saturated rings. The molecule has 2 N–H and O–H groups in total. The van der Waals surface area contributed by atoms with Crippen LogP contribution in [0.15, 0.2) is 71.9 Å². The molecule has 0 unspecified atom stereocenters. The van der Waals surface area contributed by atoms with Gasteiger partial charge in [-0.25, -0.2) is 9.67 Å². The first kappa shape index (κ1) is 19.5. The fraction of sp³-hybridized carbons (Fsp3) is 0.273. The van der Waals surface area contributed by atoms with Crippen LogP contribution in [-0.4, -0.2) is 35.9 Å². The van der Waals surface area contributed by atoms with Crippen LogP contribution in [0.1, 0.15) is 18.2 Å². The number of hydrogen-bond acceptors (Lipinski definition) is 3. The molecule has 0 amide bonds. The predicted molar refractivity (Wildman–Crippen MR) is 113 cm³/mol. The van der Waals surface area contributed by atoms with Crippen LogP contribution < -0.4 is 15.4 Å². The highest BCUT2D eigenvalue weighted by atomic mass is 16.5. The van der Waals surface area contributed by atoms with Gasteiger partial charge in [0.05, 0.1) is 25.0 Å². The third-order valence-corrected chi connectivity index (χ3v) is 4.29. The zero-order chi connectivity index (χ0) is 19.6.